The van der Waals surface area contributed by atoms with Gasteiger partial charge in [-0.2, -0.15) is 13.2 Å². The number of amides is 2. The van der Waals surface area contributed by atoms with Gasteiger partial charge in [-0.1, -0.05) is 35.9 Å². The van der Waals surface area contributed by atoms with Gasteiger partial charge in [0.05, 0.1) is 29.5 Å². The molecule has 1 aliphatic heterocycles. The number of ether oxygens (including phenoxy) is 2. The normalized spacial score (nSPS) is 16.6. The number of urea groups is 1. The molecule has 2 aromatic rings. The topological polar surface area (TPSA) is 67.9 Å². The molecule has 1 atom stereocenters. The number of nitrogens with one attached hydrogen (secondary N) is 1. The van der Waals surface area contributed by atoms with E-state index in [9.17, 15) is 22.8 Å². The summed E-state index contributed by atoms with van der Waals surface area (Å²) in [7, 11) is 1.45. The zero-order valence-corrected chi connectivity index (χ0v) is 17.8. The quantitative estimate of drug-likeness (QED) is 0.656. The van der Waals surface area contributed by atoms with Gasteiger partial charge in [-0.15, -0.1) is 0 Å². The Kier molecular flexibility index (Phi) is 6.76. The van der Waals surface area contributed by atoms with Crippen LogP contribution in [0.3, 0.4) is 0 Å². The number of benzene rings is 2. The Morgan fingerprint density at radius 2 is 1.84 bits per heavy atom. The Morgan fingerprint density at radius 3 is 2.47 bits per heavy atom. The molecule has 0 spiro atoms. The minimum atomic E-state index is -4.52. The minimum Gasteiger partial charge on any atom is -0.487 e. The SMILES string of the molecule is CCOC(=O)C1=C(COc2cccc(C(F)(F)F)c2)N(C)C(=O)NC1c1ccc(C)cc1. The molecule has 0 saturated heterocycles. The van der Waals surface area contributed by atoms with E-state index in [-0.39, 0.29) is 30.2 Å². The monoisotopic (exact) mass is 448 g/mol. The third kappa shape index (κ3) is 5.04. The number of aryl methyl sites for hydroxylation is 1. The van der Waals surface area contributed by atoms with Crippen molar-refractivity contribution in [2.24, 2.45) is 0 Å². The zero-order valence-electron chi connectivity index (χ0n) is 17.8. The molecule has 9 heteroatoms. The van der Waals surface area contributed by atoms with Crippen LogP contribution in [0.15, 0.2) is 59.8 Å². The summed E-state index contributed by atoms with van der Waals surface area (Å²) in [5, 5.41) is 2.77. The molecule has 3 rings (SSSR count). The van der Waals surface area contributed by atoms with Crippen molar-refractivity contribution < 1.29 is 32.2 Å². The average molecular weight is 448 g/mol. The Bertz CT molecular complexity index is 1030. The van der Waals surface area contributed by atoms with E-state index >= 15 is 0 Å². The van der Waals surface area contributed by atoms with Crippen LogP contribution in [0.5, 0.6) is 5.75 Å². The van der Waals surface area contributed by atoms with E-state index in [1.807, 2.05) is 19.1 Å². The second-order valence-electron chi connectivity index (χ2n) is 7.25. The Morgan fingerprint density at radius 1 is 1.16 bits per heavy atom. The zero-order chi connectivity index (χ0) is 23.5. The van der Waals surface area contributed by atoms with Gasteiger partial charge in [0.2, 0.25) is 0 Å². The highest BCUT2D eigenvalue weighted by Gasteiger charge is 2.37. The molecular formula is C23H23F3N2O4. The molecule has 0 saturated carbocycles. The molecule has 170 valence electrons. The molecule has 2 amide bonds. The van der Waals surface area contributed by atoms with Crippen molar-refractivity contribution in [1.82, 2.24) is 10.2 Å². The van der Waals surface area contributed by atoms with Gasteiger partial charge < -0.3 is 14.8 Å². The molecule has 0 aromatic heterocycles. The molecule has 6 nitrogen and oxygen atoms in total. The summed E-state index contributed by atoms with van der Waals surface area (Å²) < 4.78 is 49.8. The largest absolute Gasteiger partial charge is 0.487 e. The molecule has 0 fully saturated rings. The fourth-order valence-electron chi connectivity index (χ4n) is 3.30. The van der Waals surface area contributed by atoms with Crippen LogP contribution < -0.4 is 10.1 Å². The van der Waals surface area contributed by atoms with Crippen molar-refractivity contribution in [2.75, 3.05) is 20.3 Å². The second kappa shape index (κ2) is 9.33. The van der Waals surface area contributed by atoms with Crippen LogP contribution in [0.4, 0.5) is 18.0 Å². The molecule has 1 heterocycles. The summed E-state index contributed by atoms with van der Waals surface area (Å²) in [6.07, 6.45) is -4.52. The van der Waals surface area contributed by atoms with E-state index in [4.69, 9.17) is 9.47 Å². The van der Waals surface area contributed by atoms with Crippen LogP contribution in [-0.4, -0.2) is 37.2 Å². The maximum Gasteiger partial charge on any atom is 0.416 e. The number of hydrogen-bond acceptors (Lipinski definition) is 4. The average Bonchev–Trinajstić information content (AvgIpc) is 2.74. The summed E-state index contributed by atoms with van der Waals surface area (Å²) in [6.45, 7) is 3.38. The highest BCUT2D eigenvalue weighted by molar-refractivity contribution is 5.95. The molecule has 0 aliphatic carbocycles. The van der Waals surface area contributed by atoms with Crippen molar-refractivity contribution in [1.29, 1.82) is 0 Å². The Balaban J connectivity index is 2.00. The summed E-state index contributed by atoms with van der Waals surface area (Å²) >= 11 is 0. The highest BCUT2D eigenvalue weighted by Crippen LogP contribution is 2.33. The van der Waals surface area contributed by atoms with Crippen LogP contribution in [0.25, 0.3) is 0 Å². The first-order valence-electron chi connectivity index (χ1n) is 9.92. The van der Waals surface area contributed by atoms with Gasteiger partial charge in [0, 0.05) is 7.05 Å². The molecule has 0 bridgehead atoms. The van der Waals surface area contributed by atoms with E-state index < -0.39 is 29.8 Å². The fourth-order valence-corrected chi connectivity index (χ4v) is 3.30. The van der Waals surface area contributed by atoms with Gasteiger partial charge >= 0.3 is 18.2 Å². The van der Waals surface area contributed by atoms with Crippen LogP contribution in [0.1, 0.15) is 29.7 Å². The minimum absolute atomic E-state index is 0.0400. The van der Waals surface area contributed by atoms with Crippen molar-refractivity contribution in [3.05, 3.63) is 76.5 Å². The first-order chi connectivity index (χ1) is 15.1. The lowest BCUT2D eigenvalue weighted by Crippen LogP contribution is -2.48. The highest BCUT2D eigenvalue weighted by atomic mass is 19.4. The summed E-state index contributed by atoms with van der Waals surface area (Å²) in [5.41, 5.74) is 1.17. The molecule has 2 aromatic carbocycles. The first-order valence-corrected chi connectivity index (χ1v) is 9.92. The fraction of sp³-hybridized carbons (Fsp3) is 0.304. The number of rotatable bonds is 6. The van der Waals surface area contributed by atoms with E-state index in [0.717, 1.165) is 17.7 Å². The summed E-state index contributed by atoms with van der Waals surface area (Å²) in [6, 6.07) is 10.4. The van der Waals surface area contributed by atoms with E-state index in [1.165, 1.54) is 24.1 Å². The predicted octanol–water partition coefficient (Wildman–Crippen LogP) is 4.61. The summed E-state index contributed by atoms with van der Waals surface area (Å²) in [4.78, 5) is 26.6. The van der Waals surface area contributed by atoms with Gasteiger partial charge in [0.1, 0.15) is 12.4 Å². The van der Waals surface area contributed by atoms with Crippen molar-refractivity contribution in [3.8, 4) is 5.75 Å². The van der Waals surface area contributed by atoms with E-state index in [2.05, 4.69) is 5.32 Å². The number of carbonyl (C=O) groups is 2. The van der Waals surface area contributed by atoms with Crippen LogP contribution >= 0.6 is 0 Å². The van der Waals surface area contributed by atoms with Crippen molar-refractivity contribution in [2.45, 2.75) is 26.1 Å². The van der Waals surface area contributed by atoms with Gasteiger partial charge in [0.25, 0.3) is 0 Å². The lowest BCUT2D eigenvalue weighted by Gasteiger charge is -2.34. The third-order valence-electron chi connectivity index (χ3n) is 5.02. The van der Waals surface area contributed by atoms with Crippen LogP contribution in [0.2, 0.25) is 0 Å². The number of esters is 1. The van der Waals surface area contributed by atoms with Crippen LogP contribution in [0, 0.1) is 6.92 Å². The molecule has 1 unspecified atom stereocenters. The third-order valence-corrected chi connectivity index (χ3v) is 5.02. The molecule has 0 radical (unpaired) electrons. The standard InChI is InChI=1S/C23H23F3N2O4/c1-4-31-21(29)19-18(13-32-17-7-5-6-16(12-17)23(24,25)26)28(3)22(30)27-20(19)15-10-8-14(2)9-11-15/h5-12,20H,4,13H2,1-3H3,(H,27,30). The Hall–Kier alpha value is -3.49. The first kappa shape index (κ1) is 23.2. The van der Waals surface area contributed by atoms with E-state index in [1.54, 1.807) is 19.1 Å². The van der Waals surface area contributed by atoms with Gasteiger partial charge in [-0.3, -0.25) is 4.90 Å². The lowest BCUT2D eigenvalue weighted by atomic mass is 9.94. The van der Waals surface area contributed by atoms with Gasteiger partial charge in [0.15, 0.2) is 0 Å². The molecule has 1 N–H and O–H groups in total. The van der Waals surface area contributed by atoms with Gasteiger partial charge in [-0.05, 0) is 37.6 Å². The summed E-state index contributed by atoms with van der Waals surface area (Å²) in [5.74, 6) is -0.686. The number of hydrogen-bond donors (Lipinski definition) is 1. The molecule has 32 heavy (non-hydrogen) atoms. The maximum absolute atomic E-state index is 13.0. The predicted molar refractivity (Wildman–Crippen MR) is 111 cm³/mol. The second-order valence-corrected chi connectivity index (χ2v) is 7.25. The van der Waals surface area contributed by atoms with Crippen LogP contribution in [-0.2, 0) is 15.7 Å². The lowest BCUT2D eigenvalue weighted by molar-refractivity contribution is -0.139. The number of alkyl halides is 3. The number of likely N-dealkylation sites (N-methyl/N-ethyl adjacent to an activating group) is 1. The van der Waals surface area contributed by atoms with Gasteiger partial charge in [-0.25, -0.2) is 9.59 Å². The van der Waals surface area contributed by atoms with Crippen molar-refractivity contribution >= 4 is 12.0 Å². The van der Waals surface area contributed by atoms with Crippen molar-refractivity contribution in [3.63, 3.8) is 0 Å². The maximum atomic E-state index is 13.0. The van der Waals surface area contributed by atoms with E-state index in [0.29, 0.717) is 5.56 Å². The Labute approximate surface area is 183 Å². The molecule has 1 aliphatic rings. The smallest absolute Gasteiger partial charge is 0.416 e. The number of halogens is 3. The molecular weight excluding hydrogens is 425 g/mol. The number of nitrogens with zero attached hydrogens (tertiary/aromatic N) is 1. The number of carbonyl (C=O) groups excluding carboxylic acids is 2.